The molecule has 1 aromatic rings. The second-order valence-electron chi connectivity index (χ2n) is 2.54. The smallest absolute Gasteiger partial charge is 0.115 e. The van der Waals surface area contributed by atoms with E-state index in [0.29, 0.717) is 5.84 Å². The van der Waals surface area contributed by atoms with Crippen LogP contribution in [0.15, 0.2) is 35.3 Å². The molecule has 3 nitrogen and oxygen atoms in total. The highest BCUT2D eigenvalue weighted by atomic mass is 14.9. The molecular formula is C9H13N3. The Morgan fingerprint density at radius 2 is 1.92 bits per heavy atom. The van der Waals surface area contributed by atoms with Gasteiger partial charge < -0.3 is 11.5 Å². The third kappa shape index (κ3) is 1.83. The van der Waals surface area contributed by atoms with Crippen LogP contribution in [0.4, 0.5) is 0 Å². The fraction of sp³-hybridized carbons (Fsp3) is 0.222. The lowest BCUT2D eigenvalue weighted by Gasteiger charge is -2.09. The van der Waals surface area contributed by atoms with Crippen molar-refractivity contribution in [3.8, 4) is 0 Å². The number of nitrogens with two attached hydrogens (primary N) is 2. The molecule has 3 heteroatoms. The van der Waals surface area contributed by atoms with Gasteiger partial charge in [-0.2, -0.15) is 0 Å². The Labute approximate surface area is 72.1 Å². The fourth-order valence-electron chi connectivity index (χ4n) is 0.970. The van der Waals surface area contributed by atoms with Crippen LogP contribution in [0.5, 0.6) is 0 Å². The normalized spacial score (nSPS) is 14.3. The van der Waals surface area contributed by atoms with Crippen molar-refractivity contribution < 1.29 is 0 Å². The molecule has 1 atom stereocenters. The minimum atomic E-state index is -0.281. The first-order chi connectivity index (χ1) is 5.75. The van der Waals surface area contributed by atoms with E-state index in [1.165, 1.54) is 0 Å². The maximum absolute atomic E-state index is 5.79. The van der Waals surface area contributed by atoms with E-state index in [2.05, 4.69) is 4.99 Å². The predicted molar refractivity (Wildman–Crippen MR) is 50.9 cm³/mol. The van der Waals surface area contributed by atoms with E-state index in [1.807, 2.05) is 30.3 Å². The Hall–Kier alpha value is -1.35. The van der Waals surface area contributed by atoms with Crippen LogP contribution in [0, 0.1) is 0 Å². The van der Waals surface area contributed by atoms with Gasteiger partial charge >= 0.3 is 0 Å². The number of benzene rings is 1. The monoisotopic (exact) mass is 163 g/mol. The van der Waals surface area contributed by atoms with Crippen molar-refractivity contribution in [3.63, 3.8) is 0 Å². The number of nitrogens with zero attached hydrogens (tertiary/aromatic N) is 1. The molecule has 1 rings (SSSR count). The predicted octanol–water partition coefficient (Wildman–Crippen LogP) is 0.673. The average molecular weight is 163 g/mol. The lowest BCUT2D eigenvalue weighted by molar-refractivity contribution is 0.943. The van der Waals surface area contributed by atoms with Crippen molar-refractivity contribution in [3.05, 3.63) is 35.9 Å². The van der Waals surface area contributed by atoms with Crippen LogP contribution in [-0.2, 0) is 0 Å². The average Bonchev–Trinajstić information content (AvgIpc) is 2.17. The zero-order chi connectivity index (χ0) is 8.97. The minimum absolute atomic E-state index is 0.281. The summed E-state index contributed by atoms with van der Waals surface area (Å²) in [5, 5.41) is 0. The second kappa shape index (κ2) is 3.88. The van der Waals surface area contributed by atoms with Crippen molar-refractivity contribution in [1.29, 1.82) is 0 Å². The van der Waals surface area contributed by atoms with Crippen molar-refractivity contribution in [2.75, 3.05) is 7.05 Å². The molecule has 0 heterocycles. The van der Waals surface area contributed by atoms with E-state index in [1.54, 1.807) is 7.05 Å². The van der Waals surface area contributed by atoms with E-state index in [0.717, 1.165) is 5.56 Å². The first-order valence-corrected chi connectivity index (χ1v) is 3.78. The van der Waals surface area contributed by atoms with E-state index in [9.17, 15) is 0 Å². The molecular weight excluding hydrogens is 150 g/mol. The van der Waals surface area contributed by atoms with E-state index in [-0.39, 0.29) is 6.04 Å². The fourth-order valence-corrected chi connectivity index (χ4v) is 0.970. The van der Waals surface area contributed by atoms with Crippen LogP contribution in [0.3, 0.4) is 0 Å². The Morgan fingerprint density at radius 3 is 2.42 bits per heavy atom. The van der Waals surface area contributed by atoms with Gasteiger partial charge in [0.15, 0.2) is 0 Å². The number of rotatable bonds is 2. The van der Waals surface area contributed by atoms with E-state index >= 15 is 0 Å². The SMILES string of the molecule is CN=C(N)C(N)c1ccccc1. The van der Waals surface area contributed by atoms with Crippen molar-refractivity contribution in [2.45, 2.75) is 6.04 Å². The second-order valence-corrected chi connectivity index (χ2v) is 2.54. The molecule has 1 aromatic carbocycles. The van der Waals surface area contributed by atoms with Gasteiger partial charge in [-0.05, 0) is 5.56 Å². The molecule has 1 unspecified atom stereocenters. The Morgan fingerprint density at radius 1 is 1.33 bits per heavy atom. The molecule has 0 aromatic heterocycles. The van der Waals surface area contributed by atoms with Crippen LogP contribution < -0.4 is 11.5 Å². The zero-order valence-electron chi connectivity index (χ0n) is 7.07. The van der Waals surface area contributed by atoms with Gasteiger partial charge in [-0.1, -0.05) is 30.3 Å². The highest BCUT2D eigenvalue weighted by molar-refractivity contribution is 5.86. The summed E-state index contributed by atoms with van der Waals surface area (Å²) in [7, 11) is 1.64. The molecule has 0 fully saturated rings. The summed E-state index contributed by atoms with van der Waals surface area (Å²) in [5.74, 6) is 0.459. The lowest BCUT2D eigenvalue weighted by Crippen LogP contribution is -2.28. The molecule has 12 heavy (non-hydrogen) atoms. The summed E-state index contributed by atoms with van der Waals surface area (Å²) in [5.41, 5.74) is 12.4. The Balaban J connectivity index is 2.86. The highest BCUT2D eigenvalue weighted by Gasteiger charge is 2.07. The van der Waals surface area contributed by atoms with Gasteiger partial charge in [-0.25, -0.2) is 0 Å². The van der Waals surface area contributed by atoms with Crippen LogP contribution in [0.1, 0.15) is 11.6 Å². The van der Waals surface area contributed by atoms with Gasteiger partial charge in [0.05, 0.1) is 6.04 Å². The molecule has 0 aliphatic rings. The summed E-state index contributed by atoms with van der Waals surface area (Å²) in [4.78, 5) is 3.83. The molecule has 0 aliphatic heterocycles. The van der Waals surface area contributed by atoms with Gasteiger partial charge in [0.1, 0.15) is 5.84 Å². The molecule has 4 N–H and O–H groups in total. The molecule has 0 bridgehead atoms. The molecule has 0 spiro atoms. The zero-order valence-corrected chi connectivity index (χ0v) is 7.07. The summed E-state index contributed by atoms with van der Waals surface area (Å²) in [6.45, 7) is 0. The number of aliphatic imine (C=N–C) groups is 1. The van der Waals surface area contributed by atoms with Crippen molar-refractivity contribution in [1.82, 2.24) is 0 Å². The van der Waals surface area contributed by atoms with Crippen molar-refractivity contribution >= 4 is 5.84 Å². The summed E-state index contributed by atoms with van der Waals surface area (Å²) in [6.07, 6.45) is 0. The summed E-state index contributed by atoms with van der Waals surface area (Å²) < 4.78 is 0. The number of hydrogen-bond acceptors (Lipinski definition) is 2. The number of amidine groups is 1. The standard InChI is InChI=1S/C9H13N3/c1-12-9(11)8(10)7-5-3-2-4-6-7/h2-6,8H,10H2,1H3,(H2,11,12). The van der Waals surface area contributed by atoms with Crippen LogP contribution in [-0.4, -0.2) is 12.9 Å². The summed E-state index contributed by atoms with van der Waals surface area (Å²) >= 11 is 0. The first-order valence-electron chi connectivity index (χ1n) is 3.78. The largest absolute Gasteiger partial charge is 0.386 e. The molecule has 0 amide bonds. The topological polar surface area (TPSA) is 64.4 Å². The van der Waals surface area contributed by atoms with Gasteiger partial charge in [-0.15, -0.1) is 0 Å². The quantitative estimate of drug-likeness (QED) is 0.497. The number of hydrogen-bond donors (Lipinski definition) is 2. The molecule has 0 saturated carbocycles. The van der Waals surface area contributed by atoms with E-state index < -0.39 is 0 Å². The van der Waals surface area contributed by atoms with E-state index in [4.69, 9.17) is 11.5 Å². The van der Waals surface area contributed by atoms with Gasteiger partial charge in [0.2, 0.25) is 0 Å². The molecule has 64 valence electrons. The first kappa shape index (κ1) is 8.74. The lowest BCUT2D eigenvalue weighted by atomic mass is 10.1. The van der Waals surface area contributed by atoms with Crippen LogP contribution in [0.25, 0.3) is 0 Å². The Kier molecular flexibility index (Phi) is 2.82. The maximum atomic E-state index is 5.79. The van der Waals surface area contributed by atoms with Gasteiger partial charge in [-0.3, -0.25) is 4.99 Å². The molecule has 0 radical (unpaired) electrons. The third-order valence-corrected chi connectivity index (χ3v) is 1.74. The minimum Gasteiger partial charge on any atom is -0.386 e. The molecule has 0 aliphatic carbocycles. The van der Waals surface area contributed by atoms with Crippen molar-refractivity contribution in [2.24, 2.45) is 16.5 Å². The highest BCUT2D eigenvalue weighted by Crippen LogP contribution is 2.08. The third-order valence-electron chi connectivity index (χ3n) is 1.74. The van der Waals surface area contributed by atoms with Gasteiger partial charge in [0.25, 0.3) is 0 Å². The van der Waals surface area contributed by atoms with Gasteiger partial charge in [0, 0.05) is 7.05 Å². The summed E-state index contributed by atoms with van der Waals surface area (Å²) in [6, 6.07) is 9.38. The molecule has 0 saturated heterocycles. The maximum Gasteiger partial charge on any atom is 0.115 e. The van der Waals surface area contributed by atoms with Crippen LogP contribution >= 0.6 is 0 Å². The Bertz CT molecular complexity index is 266. The van der Waals surface area contributed by atoms with Crippen LogP contribution in [0.2, 0.25) is 0 Å².